The first kappa shape index (κ1) is 13.5. The molecule has 0 amide bonds. The van der Waals surface area contributed by atoms with Gasteiger partial charge < -0.3 is 10.1 Å². The van der Waals surface area contributed by atoms with E-state index in [1.165, 1.54) is 11.3 Å². The minimum atomic E-state index is 0.359. The Morgan fingerprint density at radius 3 is 2.83 bits per heavy atom. The predicted octanol–water partition coefficient (Wildman–Crippen LogP) is 2.20. The second-order valence-corrected chi connectivity index (χ2v) is 5.14. The first-order valence-corrected chi connectivity index (χ1v) is 6.97. The number of hydrogen-bond acceptors (Lipinski definition) is 3. The number of rotatable bonds is 5. The summed E-state index contributed by atoms with van der Waals surface area (Å²) in [7, 11) is 2.04. The lowest BCUT2D eigenvalue weighted by Gasteiger charge is -2.25. The van der Waals surface area contributed by atoms with Crippen molar-refractivity contribution in [2.24, 2.45) is 5.92 Å². The van der Waals surface area contributed by atoms with Crippen molar-refractivity contribution in [2.75, 3.05) is 13.7 Å². The van der Waals surface area contributed by atoms with Gasteiger partial charge in [0.1, 0.15) is 0 Å². The summed E-state index contributed by atoms with van der Waals surface area (Å²) < 4.78 is 5.66. The van der Waals surface area contributed by atoms with Crippen LogP contribution >= 0.6 is 0 Å². The molecule has 1 aliphatic heterocycles. The van der Waals surface area contributed by atoms with Crippen molar-refractivity contribution in [1.29, 1.82) is 0 Å². The monoisotopic (exact) mass is 248 g/mol. The van der Waals surface area contributed by atoms with Gasteiger partial charge in [0.25, 0.3) is 0 Å². The smallest absolute Gasteiger partial charge is 0.0590 e. The van der Waals surface area contributed by atoms with Crippen LogP contribution in [0.25, 0.3) is 0 Å². The van der Waals surface area contributed by atoms with E-state index < -0.39 is 0 Å². The molecule has 1 aromatic rings. The van der Waals surface area contributed by atoms with Gasteiger partial charge in [0.2, 0.25) is 0 Å². The molecular weight excluding hydrogens is 224 g/mol. The van der Waals surface area contributed by atoms with Crippen molar-refractivity contribution in [2.45, 2.75) is 45.3 Å². The molecule has 1 aromatic heterocycles. The Labute approximate surface area is 110 Å². The lowest BCUT2D eigenvalue weighted by molar-refractivity contribution is 0.0962. The van der Waals surface area contributed by atoms with Gasteiger partial charge in [0, 0.05) is 36.9 Å². The summed E-state index contributed by atoms with van der Waals surface area (Å²) in [6.45, 7) is 5.23. The van der Waals surface area contributed by atoms with Gasteiger partial charge in [-0.2, -0.15) is 0 Å². The van der Waals surface area contributed by atoms with Gasteiger partial charge in [-0.1, -0.05) is 13.0 Å². The molecule has 1 fully saturated rings. The number of nitrogens with zero attached hydrogens (tertiary/aromatic N) is 1. The van der Waals surface area contributed by atoms with Crippen LogP contribution < -0.4 is 5.32 Å². The predicted molar refractivity (Wildman–Crippen MR) is 73.7 cm³/mol. The Bertz CT molecular complexity index is 363. The molecule has 0 radical (unpaired) electrons. The van der Waals surface area contributed by atoms with E-state index in [0.29, 0.717) is 18.1 Å². The largest absolute Gasteiger partial charge is 0.378 e. The van der Waals surface area contributed by atoms with E-state index >= 15 is 0 Å². The molecule has 0 aromatic carbocycles. The second-order valence-electron chi connectivity index (χ2n) is 5.14. The maximum atomic E-state index is 5.66. The van der Waals surface area contributed by atoms with Gasteiger partial charge in [0.05, 0.1) is 6.10 Å². The van der Waals surface area contributed by atoms with E-state index in [2.05, 4.69) is 36.3 Å². The summed E-state index contributed by atoms with van der Waals surface area (Å²) in [5.74, 6) is 0.600. The highest BCUT2D eigenvalue weighted by Crippen LogP contribution is 2.25. The Hall–Kier alpha value is -0.930. The van der Waals surface area contributed by atoms with Crippen LogP contribution in [0.3, 0.4) is 0 Å². The molecule has 0 bridgehead atoms. The number of aryl methyl sites for hydroxylation is 1. The summed E-state index contributed by atoms with van der Waals surface area (Å²) in [4.78, 5) is 4.55. The Kier molecular flexibility index (Phi) is 4.72. The van der Waals surface area contributed by atoms with E-state index in [0.717, 1.165) is 25.9 Å². The number of pyridine rings is 1. The maximum Gasteiger partial charge on any atom is 0.0590 e. The molecule has 1 N–H and O–H groups in total. The van der Waals surface area contributed by atoms with Crippen LogP contribution in [0.1, 0.15) is 31.5 Å². The van der Waals surface area contributed by atoms with Gasteiger partial charge in [-0.05, 0) is 38.4 Å². The van der Waals surface area contributed by atoms with Crippen LogP contribution in [-0.2, 0) is 17.6 Å². The highest BCUT2D eigenvalue weighted by molar-refractivity contribution is 5.15. The molecule has 1 saturated heterocycles. The number of hydrogen-bond donors (Lipinski definition) is 1. The van der Waals surface area contributed by atoms with Gasteiger partial charge in [0.15, 0.2) is 0 Å². The quantitative estimate of drug-likeness (QED) is 0.867. The van der Waals surface area contributed by atoms with Gasteiger partial charge >= 0.3 is 0 Å². The summed E-state index contributed by atoms with van der Waals surface area (Å²) in [6.07, 6.45) is 5.54. The average molecular weight is 248 g/mol. The fourth-order valence-corrected chi connectivity index (χ4v) is 2.75. The van der Waals surface area contributed by atoms with E-state index in [4.69, 9.17) is 4.74 Å². The number of aromatic nitrogens is 1. The summed E-state index contributed by atoms with van der Waals surface area (Å²) in [6, 6.07) is 4.80. The van der Waals surface area contributed by atoms with Crippen molar-refractivity contribution in [3.8, 4) is 0 Å². The maximum absolute atomic E-state index is 5.66. The Morgan fingerprint density at radius 1 is 1.50 bits per heavy atom. The third-order valence-electron chi connectivity index (χ3n) is 4.05. The third kappa shape index (κ3) is 3.09. The second kappa shape index (κ2) is 6.30. The van der Waals surface area contributed by atoms with Crippen LogP contribution in [0.2, 0.25) is 0 Å². The molecule has 3 atom stereocenters. The topological polar surface area (TPSA) is 34.1 Å². The molecule has 2 heterocycles. The van der Waals surface area contributed by atoms with Crippen LogP contribution in [0.15, 0.2) is 18.3 Å². The van der Waals surface area contributed by atoms with Crippen LogP contribution in [0, 0.1) is 5.92 Å². The minimum absolute atomic E-state index is 0.359. The standard InChI is InChI=1S/C15H24N2O/c1-4-12-5-6-13(17-10-12)9-15(16-3)14-7-8-18-11(14)2/h5-6,10-11,14-16H,4,7-9H2,1-3H3. The number of likely N-dealkylation sites (N-methyl/N-ethyl adjacent to an activating group) is 1. The molecule has 3 heteroatoms. The van der Waals surface area contributed by atoms with Crippen molar-refractivity contribution in [3.63, 3.8) is 0 Å². The zero-order valence-electron chi connectivity index (χ0n) is 11.6. The van der Waals surface area contributed by atoms with E-state index in [9.17, 15) is 0 Å². The first-order chi connectivity index (χ1) is 8.74. The third-order valence-corrected chi connectivity index (χ3v) is 4.05. The lowest BCUT2D eigenvalue weighted by Crippen LogP contribution is -2.39. The fraction of sp³-hybridized carbons (Fsp3) is 0.667. The van der Waals surface area contributed by atoms with Crippen molar-refractivity contribution in [3.05, 3.63) is 29.6 Å². The summed E-state index contributed by atoms with van der Waals surface area (Å²) in [5.41, 5.74) is 2.47. The normalized spacial score (nSPS) is 25.3. The molecule has 3 nitrogen and oxygen atoms in total. The van der Waals surface area contributed by atoms with Gasteiger partial charge in [-0.3, -0.25) is 4.98 Å². The van der Waals surface area contributed by atoms with Crippen LogP contribution in [0.4, 0.5) is 0 Å². The minimum Gasteiger partial charge on any atom is -0.378 e. The molecular formula is C15H24N2O. The van der Waals surface area contributed by atoms with E-state index in [1.807, 2.05) is 13.2 Å². The zero-order valence-corrected chi connectivity index (χ0v) is 11.6. The number of ether oxygens (including phenoxy) is 1. The Morgan fingerprint density at radius 2 is 2.33 bits per heavy atom. The molecule has 2 rings (SSSR count). The lowest BCUT2D eigenvalue weighted by atomic mass is 9.90. The van der Waals surface area contributed by atoms with Crippen molar-refractivity contribution < 1.29 is 4.74 Å². The first-order valence-electron chi connectivity index (χ1n) is 6.97. The SMILES string of the molecule is CCc1ccc(CC(NC)C2CCOC2C)nc1. The Balaban J connectivity index is 2.00. The fourth-order valence-electron chi connectivity index (χ4n) is 2.75. The van der Waals surface area contributed by atoms with Crippen LogP contribution in [0.5, 0.6) is 0 Å². The van der Waals surface area contributed by atoms with E-state index in [-0.39, 0.29) is 0 Å². The van der Waals surface area contributed by atoms with Crippen molar-refractivity contribution >= 4 is 0 Å². The highest BCUT2D eigenvalue weighted by Gasteiger charge is 2.31. The molecule has 0 saturated carbocycles. The number of nitrogens with one attached hydrogen (secondary N) is 1. The van der Waals surface area contributed by atoms with Gasteiger partial charge in [-0.15, -0.1) is 0 Å². The molecule has 0 spiro atoms. The summed E-state index contributed by atoms with van der Waals surface area (Å²) >= 11 is 0. The van der Waals surface area contributed by atoms with Crippen LogP contribution in [-0.4, -0.2) is 30.8 Å². The highest BCUT2D eigenvalue weighted by atomic mass is 16.5. The molecule has 18 heavy (non-hydrogen) atoms. The van der Waals surface area contributed by atoms with Gasteiger partial charge in [-0.25, -0.2) is 0 Å². The molecule has 3 unspecified atom stereocenters. The zero-order chi connectivity index (χ0) is 13.0. The average Bonchev–Trinajstić information content (AvgIpc) is 2.83. The molecule has 100 valence electrons. The summed E-state index contributed by atoms with van der Waals surface area (Å²) in [5, 5.41) is 3.43. The molecule has 0 aliphatic carbocycles. The van der Waals surface area contributed by atoms with E-state index in [1.54, 1.807) is 0 Å². The van der Waals surface area contributed by atoms with Crippen molar-refractivity contribution in [1.82, 2.24) is 10.3 Å². The molecule has 1 aliphatic rings.